The fraction of sp³-hybridized carbons (Fsp3) is 0.200. The molecule has 0 unspecified atom stereocenters. The monoisotopic (exact) mass is 523 g/mol. The van der Waals surface area contributed by atoms with E-state index in [1.807, 2.05) is 36.4 Å². The molecule has 1 heterocycles. The number of piperazine rings is 1. The largest absolute Gasteiger partial charge is 0.489 e. The summed E-state index contributed by atoms with van der Waals surface area (Å²) in [6, 6.07) is 20.5. The van der Waals surface area contributed by atoms with Gasteiger partial charge in [0.1, 0.15) is 12.4 Å². The van der Waals surface area contributed by atoms with Gasteiger partial charge in [0.25, 0.3) is 17.5 Å². The van der Waals surface area contributed by atoms with Crippen molar-refractivity contribution in [2.45, 2.75) is 6.61 Å². The summed E-state index contributed by atoms with van der Waals surface area (Å²) < 4.78 is 6.75. The van der Waals surface area contributed by atoms with E-state index < -0.39 is 4.92 Å². The van der Waals surface area contributed by atoms with Crippen LogP contribution in [0.5, 0.6) is 5.75 Å². The Labute approximate surface area is 205 Å². The van der Waals surface area contributed by atoms with Gasteiger partial charge in [0.05, 0.1) is 4.92 Å². The third-order valence-electron chi connectivity index (χ3n) is 5.60. The third kappa shape index (κ3) is 5.60. The zero-order chi connectivity index (χ0) is 24.1. The summed E-state index contributed by atoms with van der Waals surface area (Å²) in [6.07, 6.45) is 0. The van der Waals surface area contributed by atoms with E-state index in [1.54, 1.807) is 21.9 Å². The first-order chi connectivity index (χ1) is 16.4. The summed E-state index contributed by atoms with van der Waals surface area (Å²) >= 11 is 3.39. The molecule has 8 nitrogen and oxygen atoms in total. The van der Waals surface area contributed by atoms with Gasteiger partial charge in [-0.15, -0.1) is 0 Å². The predicted octanol–water partition coefficient (Wildman–Crippen LogP) is 4.53. The Morgan fingerprint density at radius 2 is 1.26 bits per heavy atom. The van der Waals surface area contributed by atoms with Gasteiger partial charge in [-0.2, -0.15) is 0 Å². The number of amides is 2. The van der Waals surface area contributed by atoms with Crippen LogP contribution in [0.25, 0.3) is 0 Å². The molecule has 1 saturated heterocycles. The van der Waals surface area contributed by atoms with Gasteiger partial charge in [0.15, 0.2) is 0 Å². The van der Waals surface area contributed by atoms with Crippen LogP contribution in [0, 0.1) is 10.1 Å². The highest BCUT2D eigenvalue weighted by Crippen LogP contribution is 2.19. The summed E-state index contributed by atoms with van der Waals surface area (Å²) in [7, 11) is 0. The summed E-state index contributed by atoms with van der Waals surface area (Å²) in [6.45, 7) is 2.05. The number of hydrogen-bond acceptors (Lipinski definition) is 5. The van der Waals surface area contributed by atoms with Gasteiger partial charge < -0.3 is 14.5 Å². The number of halogens is 1. The smallest absolute Gasteiger partial charge is 0.269 e. The molecule has 0 aliphatic carbocycles. The molecule has 0 atom stereocenters. The maximum atomic E-state index is 12.9. The van der Waals surface area contributed by atoms with Gasteiger partial charge in [0.2, 0.25) is 0 Å². The molecule has 0 aromatic heterocycles. The molecule has 34 heavy (non-hydrogen) atoms. The Hall–Kier alpha value is -3.72. The number of rotatable bonds is 6. The summed E-state index contributed by atoms with van der Waals surface area (Å²) in [5.41, 5.74) is 1.88. The van der Waals surface area contributed by atoms with Crippen LogP contribution in [-0.2, 0) is 6.61 Å². The molecule has 1 fully saturated rings. The second-order valence-corrected chi connectivity index (χ2v) is 8.74. The maximum absolute atomic E-state index is 12.9. The number of ether oxygens (including phenoxy) is 1. The van der Waals surface area contributed by atoms with Gasteiger partial charge in [-0.05, 0) is 54.1 Å². The minimum atomic E-state index is -0.499. The van der Waals surface area contributed by atoms with Crippen LogP contribution < -0.4 is 4.74 Å². The number of benzene rings is 3. The Morgan fingerprint density at radius 3 is 1.74 bits per heavy atom. The van der Waals surface area contributed by atoms with E-state index in [-0.39, 0.29) is 17.5 Å². The Morgan fingerprint density at radius 1 is 0.794 bits per heavy atom. The number of hydrogen-bond donors (Lipinski definition) is 0. The van der Waals surface area contributed by atoms with Crippen molar-refractivity contribution in [2.24, 2.45) is 0 Å². The van der Waals surface area contributed by atoms with Gasteiger partial charge in [-0.1, -0.05) is 28.1 Å². The number of nitrogens with zero attached hydrogens (tertiary/aromatic N) is 3. The molecule has 9 heteroatoms. The summed E-state index contributed by atoms with van der Waals surface area (Å²) in [5, 5.41) is 10.8. The van der Waals surface area contributed by atoms with E-state index in [1.165, 1.54) is 24.3 Å². The van der Waals surface area contributed by atoms with Crippen molar-refractivity contribution >= 4 is 33.4 Å². The fourth-order valence-corrected chi connectivity index (χ4v) is 3.91. The zero-order valence-electron chi connectivity index (χ0n) is 18.2. The highest BCUT2D eigenvalue weighted by atomic mass is 79.9. The van der Waals surface area contributed by atoms with Crippen LogP contribution in [0.2, 0.25) is 0 Å². The molecule has 2 amide bonds. The van der Waals surface area contributed by atoms with Crippen molar-refractivity contribution in [1.29, 1.82) is 0 Å². The Balaban J connectivity index is 1.29. The Bertz CT molecular complexity index is 1170. The number of nitro benzene ring substituents is 1. The van der Waals surface area contributed by atoms with E-state index in [0.717, 1.165) is 15.8 Å². The van der Waals surface area contributed by atoms with Gasteiger partial charge in [0, 0.05) is 53.9 Å². The van der Waals surface area contributed by atoms with Gasteiger partial charge in [-0.3, -0.25) is 19.7 Å². The average molecular weight is 524 g/mol. The first kappa shape index (κ1) is 23.4. The first-order valence-corrected chi connectivity index (χ1v) is 11.5. The lowest BCUT2D eigenvalue weighted by atomic mass is 10.1. The molecular weight excluding hydrogens is 502 g/mol. The lowest BCUT2D eigenvalue weighted by molar-refractivity contribution is -0.384. The minimum absolute atomic E-state index is 0.0575. The lowest BCUT2D eigenvalue weighted by Gasteiger charge is -2.35. The van der Waals surface area contributed by atoms with E-state index in [0.29, 0.717) is 43.9 Å². The van der Waals surface area contributed by atoms with Crippen molar-refractivity contribution in [3.8, 4) is 5.75 Å². The minimum Gasteiger partial charge on any atom is -0.489 e. The van der Waals surface area contributed by atoms with Crippen LogP contribution >= 0.6 is 15.9 Å². The molecule has 174 valence electrons. The average Bonchev–Trinajstić information content (AvgIpc) is 2.88. The fourth-order valence-electron chi connectivity index (χ4n) is 3.64. The zero-order valence-corrected chi connectivity index (χ0v) is 19.8. The summed E-state index contributed by atoms with van der Waals surface area (Å²) in [5.74, 6) is 0.490. The van der Waals surface area contributed by atoms with E-state index >= 15 is 0 Å². The molecule has 1 aliphatic heterocycles. The molecule has 0 bridgehead atoms. The molecule has 4 rings (SSSR count). The number of non-ortho nitro benzene ring substituents is 1. The molecule has 0 saturated carbocycles. The van der Waals surface area contributed by atoms with Crippen molar-refractivity contribution in [3.05, 3.63) is 104 Å². The molecule has 0 spiro atoms. The maximum Gasteiger partial charge on any atom is 0.269 e. The predicted molar refractivity (Wildman–Crippen MR) is 130 cm³/mol. The lowest BCUT2D eigenvalue weighted by Crippen LogP contribution is -2.50. The van der Waals surface area contributed by atoms with E-state index in [2.05, 4.69) is 15.9 Å². The number of carbonyl (C=O) groups is 2. The normalized spacial score (nSPS) is 13.4. The second-order valence-electron chi connectivity index (χ2n) is 7.83. The van der Waals surface area contributed by atoms with Gasteiger partial charge in [-0.25, -0.2) is 0 Å². The highest BCUT2D eigenvalue weighted by Gasteiger charge is 2.25. The topological polar surface area (TPSA) is 93.0 Å². The van der Waals surface area contributed by atoms with E-state index in [9.17, 15) is 19.7 Å². The van der Waals surface area contributed by atoms with Crippen molar-refractivity contribution in [1.82, 2.24) is 9.80 Å². The van der Waals surface area contributed by atoms with E-state index in [4.69, 9.17) is 4.74 Å². The molecule has 0 N–H and O–H groups in total. The quantitative estimate of drug-likeness (QED) is 0.349. The molecule has 3 aromatic rings. The standard InChI is InChI=1S/C25H22BrN3O5/c26-21-7-11-23(12-8-21)34-17-18-1-3-19(4-2-18)24(30)27-13-15-28(16-14-27)25(31)20-5-9-22(10-6-20)29(32)33/h1-12H,13-17H2. The Kier molecular flexibility index (Phi) is 7.22. The van der Waals surface area contributed by atoms with Crippen molar-refractivity contribution in [3.63, 3.8) is 0 Å². The first-order valence-electron chi connectivity index (χ1n) is 10.7. The van der Waals surface area contributed by atoms with Crippen LogP contribution in [0.4, 0.5) is 5.69 Å². The SMILES string of the molecule is O=C(c1ccc(COc2ccc(Br)cc2)cc1)N1CCN(C(=O)c2ccc([N+](=O)[O-])cc2)CC1. The molecule has 3 aromatic carbocycles. The van der Waals surface area contributed by atoms with Crippen LogP contribution in [-0.4, -0.2) is 52.7 Å². The molecular formula is C25H22BrN3O5. The third-order valence-corrected chi connectivity index (χ3v) is 6.13. The number of nitro groups is 1. The second kappa shape index (κ2) is 10.5. The van der Waals surface area contributed by atoms with Gasteiger partial charge >= 0.3 is 0 Å². The summed E-state index contributed by atoms with van der Waals surface area (Å²) in [4.78, 5) is 39.3. The molecule has 0 radical (unpaired) electrons. The van der Waals surface area contributed by atoms with Crippen molar-refractivity contribution in [2.75, 3.05) is 26.2 Å². The van der Waals surface area contributed by atoms with Crippen LogP contribution in [0.15, 0.2) is 77.3 Å². The number of carbonyl (C=O) groups excluding carboxylic acids is 2. The highest BCUT2D eigenvalue weighted by molar-refractivity contribution is 9.10. The van der Waals surface area contributed by atoms with Crippen LogP contribution in [0.3, 0.4) is 0 Å². The van der Waals surface area contributed by atoms with Crippen LogP contribution in [0.1, 0.15) is 26.3 Å². The van der Waals surface area contributed by atoms with Crippen molar-refractivity contribution < 1.29 is 19.2 Å². The molecule has 1 aliphatic rings.